The van der Waals surface area contributed by atoms with Gasteiger partial charge in [0.25, 0.3) is 5.91 Å². The predicted molar refractivity (Wildman–Crippen MR) is 107 cm³/mol. The first-order valence-corrected chi connectivity index (χ1v) is 8.51. The van der Waals surface area contributed by atoms with Crippen molar-refractivity contribution in [2.75, 3.05) is 6.54 Å². The number of hydrogen-bond donors (Lipinski definition) is 2. The van der Waals surface area contributed by atoms with Gasteiger partial charge in [-0.05, 0) is 42.8 Å². The topological polar surface area (TPSA) is 61.7 Å². The van der Waals surface area contributed by atoms with Gasteiger partial charge in [0.15, 0.2) is 0 Å². The molecule has 0 saturated heterocycles. The third-order valence-electron chi connectivity index (χ3n) is 3.54. The maximum atomic E-state index is 12.5. The van der Waals surface area contributed by atoms with Crippen molar-refractivity contribution in [3.63, 3.8) is 0 Å². The summed E-state index contributed by atoms with van der Waals surface area (Å²) in [4.78, 5) is 16.7. The van der Waals surface area contributed by atoms with Gasteiger partial charge in [-0.1, -0.05) is 36.6 Å². The molecule has 0 spiro atoms. The average molecular weight is 367 g/mol. The Balaban J connectivity index is 2.42. The molecule has 0 aromatic heterocycles. The number of aliphatic hydroxyl groups excluding tert-OH is 1. The minimum absolute atomic E-state index is 0.0348. The molecule has 2 N–H and O–H groups in total. The molecule has 0 heterocycles. The summed E-state index contributed by atoms with van der Waals surface area (Å²) in [5.74, 6) is 1.88. The average Bonchev–Trinajstić information content (AvgIpc) is 2.67. The molecule has 2 aromatic rings. The van der Waals surface area contributed by atoms with Gasteiger partial charge < -0.3 is 10.4 Å². The zero-order valence-electron chi connectivity index (χ0n) is 14.4. The zero-order chi connectivity index (χ0) is 18.9. The molecule has 0 aliphatic rings. The van der Waals surface area contributed by atoms with Crippen LogP contribution >= 0.6 is 11.6 Å². The summed E-state index contributed by atoms with van der Waals surface area (Å²) in [5, 5.41) is 13.7. The van der Waals surface area contributed by atoms with Gasteiger partial charge in [0.1, 0.15) is 5.76 Å². The Morgan fingerprint density at radius 1 is 1.27 bits per heavy atom. The lowest BCUT2D eigenvalue weighted by molar-refractivity contribution is -0.116. The molecule has 0 radical (unpaired) electrons. The lowest BCUT2D eigenvalue weighted by atomic mass is 10.1. The summed E-state index contributed by atoms with van der Waals surface area (Å²) in [5.41, 5.74) is 1.74. The van der Waals surface area contributed by atoms with Crippen LogP contribution < -0.4 is 5.32 Å². The van der Waals surface area contributed by atoms with Gasteiger partial charge in [-0.2, -0.15) is 0 Å². The highest BCUT2D eigenvalue weighted by Gasteiger charge is 2.16. The molecule has 0 atom stereocenters. The van der Waals surface area contributed by atoms with Gasteiger partial charge >= 0.3 is 0 Å². The number of nitrogens with zero attached hydrogens (tertiary/aromatic N) is 1. The highest BCUT2D eigenvalue weighted by atomic mass is 35.5. The fourth-order valence-corrected chi connectivity index (χ4v) is 2.37. The first kappa shape index (κ1) is 19.3. The van der Waals surface area contributed by atoms with E-state index in [1.807, 2.05) is 6.92 Å². The first-order chi connectivity index (χ1) is 12.6. The Bertz CT molecular complexity index is 878. The molecule has 0 aliphatic carbocycles. The van der Waals surface area contributed by atoms with Crippen molar-refractivity contribution in [2.24, 2.45) is 4.99 Å². The number of carbonyl (C=O) groups is 1. The summed E-state index contributed by atoms with van der Waals surface area (Å²) in [6.45, 7) is 2.43. The van der Waals surface area contributed by atoms with Gasteiger partial charge in [0, 0.05) is 23.9 Å². The van der Waals surface area contributed by atoms with Crippen LogP contribution in [0.4, 0.5) is 5.69 Å². The van der Waals surface area contributed by atoms with Crippen molar-refractivity contribution in [3.05, 3.63) is 70.3 Å². The summed E-state index contributed by atoms with van der Waals surface area (Å²) in [6, 6.07) is 13.7. The first-order valence-electron chi connectivity index (χ1n) is 8.14. The quantitative estimate of drug-likeness (QED) is 0.342. The molecule has 26 heavy (non-hydrogen) atoms. The number of amides is 1. The van der Waals surface area contributed by atoms with E-state index in [4.69, 9.17) is 18.0 Å². The largest absolute Gasteiger partial charge is 0.506 e. The maximum Gasteiger partial charge on any atom is 0.256 e. The molecule has 0 unspecified atom stereocenters. The van der Waals surface area contributed by atoms with Crippen LogP contribution in [0.2, 0.25) is 5.02 Å². The number of terminal acetylenes is 1. The number of halogens is 1. The fraction of sp³-hybridized carbons (Fsp3) is 0.143. The zero-order valence-corrected chi connectivity index (χ0v) is 15.1. The van der Waals surface area contributed by atoms with E-state index in [0.717, 1.165) is 12.0 Å². The standard InChI is InChI=1S/C21H19ClN2O2/c1-3-13-23-21(26)18(20(25)17-7-5-6-8-19(17)22)14-24-16-11-9-15(4-2)10-12-16/h2,5-12,14,25H,3,13H2,1H3,(H,23,26)/b20-18-,24-14?. The van der Waals surface area contributed by atoms with E-state index in [0.29, 0.717) is 22.8 Å². The van der Waals surface area contributed by atoms with Crippen molar-refractivity contribution < 1.29 is 9.90 Å². The predicted octanol–water partition coefficient (Wildman–Crippen LogP) is 4.52. The molecular weight excluding hydrogens is 348 g/mol. The third kappa shape index (κ3) is 4.98. The fourth-order valence-electron chi connectivity index (χ4n) is 2.14. The third-order valence-corrected chi connectivity index (χ3v) is 3.87. The van der Waals surface area contributed by atoms with Crippen LogP contribution in [-0.2, 0) is 4.79 Å². The van der Waals surface area contributed by atoms with E-state index in [9.17, 15) is 9.90 Å². The molecule has 0 aliphatic heterocycles. The van der Waals surface area contributed by atoms with E-state index >= 15 is 0 Å². The number of carbonyl (C=O) groups excluding carboxylic acids is 1. The summed E-state index contributed by atoms with van der Waals surface area (Å²) in [7, 11) is 0. The highest BCUT2D eigenvalue weighted by molar-refractivity contribution is 6.32. The van der Waals surface area contributed by atoms with Gasteiger partial charge in [0.2, 0.25) is 0 Å². The molecule has 2 aromatic carbocycles. The normalized spacial score (nSPS) is 11.7. The summed E-state index contributed by atoms with van der Waals surface area (Å²) >= 11 is 6.13. The van der Waals surface area contributed by atoms with E-state index in [-0.39, 0.29) is 11.3 Å². The smallest absolute Gasteiger partial charge is 0.256 e. The van der Waals surface area contributed by atoms with E-state index in [1.165, 1.54) is 6.21 Å². The van der Waals surface area contributed by atoms with Crippen LogP contribution in [0.5, 0.6) is 0 Å². The highest BCUT2D eigenvalue weighted by Crippen LogP contribution is 2.24. The number of aliphatic hydroxyl groups is 1. The Labute approximate surface area is 158 Å². The number of hydrogen-bond acceptors (Lipinski definition) is 3. The second-order valence-electron chi connectivity index (χ2n) is 5.45. The Kier molecular flexibility index (Phi) is 7.02. The molecule has 4 nitrogen and oxygen atoms in total. The SMILES string of the molecule is C#Cc1ccc(N=C/C(C(=O)NCCC)=C(/O)c2ccccc2Cl)cc1. The molecule has 0 fully saturated rings. The lowest BCUT2D eigenvalue weighted by Crippen LogP contribution is -2.27. The number of rotatable bonds is 6. The summed E-state index contributed by atoms with van der Waals surface area (Å²) in [6.07, 6.45) is 7.43. The van der Waals surface area contributed by atoms with Gasteiger partial charge in [-0.25, -0.2) is 0 Å². The van der Waals surface area contributed by atoms with Crippen molar-refractivity contribution in [1.29, 1.82) is 0 Å². The molecule has 2 rings (SSSR count). The van der Waals surface area contributed by atoms with Crippen LogP contribution in [0.15, 0.2) is 59.1 Å². The minimum atomic E-state index is -0.423. The maximum absolute atomic E-state index is 12.5. The molecule has 132 valence electrons. The van der Waals surface area contributed by atoms with Crippen molar-refractivity contribution in [2.45, 2.75) is 13.3 Å². The number of aliphatic imine (C=N–C) groups is 1. The van der Waals surface area contributed by atoms with Crippen LogP contribution in [-0.4, -0.2) is 23.8 Å². The van der Waals surface area contributed by atoms with E-state index in [1.54, 1.807) is 48.5 Å². The van der Waals surface area contributed by atoms with Crippen molar-refractivity contribution >= 4 is 35.2 Å². The van der Waals surface area contributed by atoms with Gasteiger partial charge in [0.05, 0.1) is 16.3 Å². The molecule has 0 bridgehead atoms. The Morgan fingerprint density at radius 3 is 2.58 bits per heavy atom. The monoisotopic (exact) mass is 366 g/mol. The van der Waals surface area contributed by atoms with E-state index in [2.05, 4.69) is 16.2 Å². The van der Waals surface area contributed by atoms with Crippen LogP contribution in [0.25, 0.3) is 5.76 Å². The van der Waals surface area contributed by atoms with Gasteiger partial charge in [-0.15, -0.1) is 6.42 Å². The minimum Gasteiger partial charge on any atom is -0.506 e. The summed E-state index contributed by atoms with van der Waals surface area (Å²) < 4.78 is 0. The van der Waals surface area contributed by atoms with Crippen LogP contribution in [0.3, 0.4) is 0 Å². The van der Waals surface area contributed by atoms with Crippen molar-refractivity contribution in [3.8, 4) is 12.3 Å². The van der Waals surface area contributed by atoms with Crippen LogP contribution in [0.1, 0.15) is 24.5 Å². The molecule has 1 amide bonds. The van der Waals surface area contributed by atoms with Crippen LogP contribution in [0, 0.1) is 12.3 Å². The second kappa shape index (κ2) is 9.45. The van der Waals surface area contributed by atoms with Crippen molar-refractivity contribution in [1.82, 2.24) is 5.32 Å². The van der Waals surface area contributed by atoms with E-state index < -0.39 is 5.91 Å². The van der Waals surface area contributed by atoms with Gasteiger partial charge in [-0.3, -0.25) is 9.79 Å². The molecular formula is C21H19ClN2O2. The Hall–Kier alpha value is -3.03. The Morgan fingerprint density at radius 2 is 1.96 bits per heavy atom. The lowest BCUT2D eigenvalue weighted by Gasteiger charge is -2.09. The molecule has 5 heteroatoms. The molecule has 0 saturated carbocycles. The second-order valence-corrected chi connectivity index (χ2v) is 5.85. The number of benzene rings is 2. The number of nitrogens with one attached hydrogen (secondary N) is 1.